The van der Waals surface area contributed by atoms with Gasteiger partial charge in [0.15, 0.2) is 0 Å². The van der Waals surface area contributed by atoms with E-state index in [2.05, 4.69) is 30.6 Å². The number of hydrogen-bond acceptors (Lipinski definition) is 6. The third-order valence-electron chi connectivity index (χ3n) is 4.92. The van der Waals surface area contributed by atoms with Crippen molar-refractivity contribution < 1.29 is 4.79 Å². The maximum Gasteiger partial charge on any atom is 0.269 e. The number of rotatable bonds is 6. The number of hydrogen-bond donors (Lipinski definition) is 3. The number of anilines is 1. The van der Waals surface area contributed by atoms with Gasteiger partial charge < -0.3 is 15.6 Å². The van der Waals surface area contributed by atoms with Gasteiger partial charge in [0.2, 0.25) is 0 Å². The predicted molar refractivity (Wildman–Crippen MR) is 106 cm³/mol. The first-order valence-electron chi connectivity index (χ1n) is 9.33. The molecule has 3 aromatic heterocycles. The Bertz CT molecular complexity index is 1050. The Morgan fingerprint density at radius 1 is 1.36 bits per heavy atom. The molecule has 0 aromatic carbocycles. The average Bonchev–Trinajstić information content (AvgIpc) is 3.06. The van der Waals surface area contributed by atoms with E-state index < -0.39 is 0 Å². The van der Waals surface area contributed by atoms with Gasteiger partial charge in [-0.15, -0.1) is 0 Å². The lowest BCUT2D eigenvalue weighted by atomic mass is 10.1. The van der Waals surface area contributed by atoms with Crippen LogP contribution in [0.3, 0.4) is 0 Å². The molecule has 4 rings (SSSR count). The number of amides is 1. The molecule has 0 unspecified atom stereocenters. The van der Waals surface area contributed by atoms with Crippen molar-refractivity contribution >= 4 is 17.2 Å². The zero-order valence-electron chi connectivity index (χ0n) is 15.9. The second-order valence-electron chi connectivity index (χ2n) is 6.97. The van der Waals surface area contributed by atoms with Crippen molar-refractivity contribution in [3.63, 3.8) is 0 Å². The Balaban J connectivity index is 1.32. The fraction of sp³-hybridized carbons (Fsp3) is 0.368. The molecule has 0 saturated carbocycles. The second kappa shape index (κ2) is 7.43. The molecule has 0 atom stereocenters. The summed E-state index contributed by atoms with van der Waals surface area (Å²) in [5, 5.41) is 10.5. The highest BCUT2D eigenvalue weighted by molar-refractivity contribution is 5.92. The number of aromatic nitrogens is 4. The van der Waals surface area contributed by atoms with Gasteiger partial charge in [0.25, 0.3) is 11.5 Å². The summed E-state index contributed by atoms with van der Waals surface area (Å²) in [6, 6.07) is 5.82. The van der Waals surface area contributed by atoms with Crippen LogP contribution in [-0.2, 0) is 13.0 Å². The summed E-state index contributed by atoms with van der Waals surface area (Å²) >= 11 is 0. The van der Waals surface area contributed by atoms with Gasteiger partial charge in [-0.3, -0.25) is 14.5 Å². The summed E-state index contributed by atoms with van der Waals surface area (Å²) in [6.45, 7) is 4.47. The third kappa shape index (κ3) is 3.61. The van der Waals surface area contributed by atoms with Gasteiger partial charge in [0.1, 0.15) is 11.3 Å². The summed E-state index contributed by atoms with van der Waals surface area (Å²) in [7, 11) is 1.59. The van der Waals surface area contributed by atoms with Gasteiger partial charge in [0, 0.05) is 44.5 Å². The van der Waals surface area contributed by atoms with Gasteiger partial charge in [-0.25, -0.2) is 9.50 Å². The normalized spacial score (nSPS) is 14.8. The Morgan fingerprint density at radius 2 is 2.18 bits per heavy atom. The van der Waals surface area contributed by atoms with Crippen LogP contribution in [0.5, 0.6) is 0 Å². The maximum atomic E-state index is 11.9. The molecule has 28 heavy (non-hydrogen) atoms. The number of nitrogens with one attached hydrogen (secondary N) is 3. The first-order valence-corrected chi connectivity index (χ1v) is 9.33. The number of likely N-dealkylation sites (tertiary alicyclic amines) is 1. The van der Waals surface area contributed by atoms with E-state index in [1.165, 1.54) is 0 Å². The number of fused-ring (bicyclic) bond motifs is 1. The first kappa shape index (κ1) is 18.2. The van der Waals surface area contributed by atoms with Gasteiger partial charge in [-0.05, 0) is 18.6 Å². The Morgan fingerprint density at radius 3 is 2.86 bits per heavy atom. The van der Waals surface area contributed by atoms with Gasteiger partial charge in [-0.1, -0.05) is 6.92 Å². The number of nitrogens with zero attached hydrogens (tertiary/aromatic N) is 4. The summed E-state index contributed by atoms with van der Waals surface area (Å²) in [6.07, 6.45) is 4.16. The van der Waals surface area contributed by atoms with Crippen LogP contribution >= 0.6 is 0 Å². The van der Waals surface area contributed by atoms with Crippen LogP contribution in [0.15, 0.2) is 35.4 Å². The van der Waals surface area contributed by atoms with Gasteiger partial charge in [0.05, 0.1) is 23.6 Å². The van der Waals surface area contributed by atoms with E-state index in [1.54, 1.807) is 30.0 Å². The SMILES string of the molecule is CCc1cn2nc(CN3CC(Nc4ccc(C(=O)NC)nc4)C3)cc2[nH]c1=O. The molecule has 146 valence electrons. The fourth-order valence-electron chi connectivity index (χ4n) is 3.37. The Hall–Kier alpha value is -3.20. The Labute approximate surface area is 161 Å². The number of aryl methyl sites for hydroxylation is 1. The molecule has 1 saturated heterocycles. The van der Waals surface area contributed by atoms with Crippen molar-refractivity contribution in [3.8, 4) is 0 Å². The third-order valence-corrected chi connectivity index (χ3v) is 4.92. The highest BCUT2D eigenvalue weighted by Gasteiger charge is 2.27. The molecule has 0 bridgehead atoms. The molecule has 3 N–H and O–H groups in total. The zero-order valence-corrected chi connectivity index (χ0v) is 15.9. The van der Waals surface area contributed by atoms with Crippen LogP contribution in [0.4, 0.5) is 5.69 Å². The van der Waals surface area contributed by atoms with E-state index in [-0.39, 0.29) is 11.5 Å². The van der Waals surface area contributed by atoms with Crippen molar-refractivity contribution in [2.24, 2.45) is 0 Å². The van der Waals surface area contributed by atoms with Crippen molar-refractivity contribution in [3.05, 3.63) is 57.9 Å². The molecule has 0 aliphatic carbocycles. The summed E-state index contributed by atoms with van der Waals surface area (Å²) in [5.41, 5.74) is 3.62. The number of aromatic amines is 1. The lowest BCUT2D eigenvalue weighted by Gasteiger charge is -2.39. The summed E-state index contributed by atoms with van der Waals surface area (Å²) < 4.78 is 1.74. The summed E-state index contributed by atoms with van der Waals surface area (Å²) in [4.78, 5) is 32.8. The number of carbonyl (C=O) groups excluding carboxylic acids is 1. The van der Waals surface area contributed by atoms with Gasteiger partial charge >= 0.3 is 0 Å². The first-order chi connectivity index (χ1) is 13.6. The summed E-state index contributed by atoms with van der Waals surface area (Å²) in [5.74, 6) is -0.193. The minimum absolute atomic E-state index is 0.0503. The minimum atomic E-state index is -0.193. The van der Waals surface area contributed by atoms with E-state index in [9.17, 15) is 9.59 Å². The fourth-order valence-corrected chi connectivity index (χ4v) is 3.37. The van der Waals surface area contributed by atoms with E-state index in [0.29, 0.717) is 18.2 Å². The van der Waals surface area contributed by atoms with Gasteiger partial charge in [-0.2, -0.15) is 5.10 Å². The maximum absolute atomic E-state index is 11.9. The van der Waals surface area contributed by atoms with Crippen molar-refractivity contribution in [1.29, 1.82) is 0 Å². The monoisotopic (exact) mass is 381 g/mol. The molecule has 3 aromatic rings. The molecule has 1 fully saturated rings. The lowest BCUT2D eigenvalue weighted by molar-refractivity contribution is 0.0958. The van der Waals surface area contributed by atoms with Crippen molar-refractivity contribution in [2.45, 2.75) is 25.9 Å². The molecule has 9 nitrogen and oxygen atoms in total. The number of pyridine rings is 1. The molecule has 1 aliphatic rings. The topological polar surface area (TPSA) is 107 Å². The molecule has 9 heteroatoms. The van der Waals surface area contributed by atoms with Crippen molar-refractivity contribution in [2.75, 3.05) is 25.5 Å². The van der Waals surface area contributed by atoms with Crippen LogP contribution in [0.25, 0.3) is 5.65 Å². The largest absolute Gasteiger partial charge is 0.378 e. The van der Waals surface area contributed by atoms with Crippen LogP contribution in [-0.4, -0.2) is 56.6 Å². The quantitative estimate of drug-likeness (QED) is 0.578. The van der Waals surface area contributed by atoms with Crippen LogP contribution < -0.4 is 16.2 Å². The molecule has 1 aliphatic heterocycles. The van der Waals surface area contributed by atoms with E-state index in [0.717, 1.165) is 42.2 Å². The van der Waals surface area contributed by atoms with E-state index in [4.69, 9.17) is 0 Å². The van der Waals surface area contributed by atoms with E-state index >= 15 is 0 Å². The van der Waals surface area contributed by atoms with E-state index in [1.807, 2.05) is 19.1 Å². The molecule has 1 amide bonds. The van der Waals surface area contributed by atoms with Crippen molar-refractivity contribution in [1.82, 2.24) is 29.8 Å². The van der Waals surface area contributed by atoms with Crippen LogP contribution in [0.1, 0.15) is 28.7 Å². The highest BCUT2D eigenvalue weighted by Crippen LogP contribution is 2.17. The second-order valence-corrected chi connectivity index (χ2v) is 6.97. The molecule has 4 heterocycles. The number of carbonyl (C=O) groups is 1. The lowest BCUT2D eigenvalue weighted by Crippen LogP contribution is -2.54. The highest BCUT2D eigenvalue weighted by atomic mass is 16.1. The average molecular weight is 381 g/mol. The minimum Gasteiger partial charge on any atom is -0.378 e. The Kier molecular flexibility index (Phi) is 4.82. The van der Waals surface area contributed by atoms with Crippen LogP contribution in [0.2, 0.25) is 0 Å². The molecular formula is C19H23N7O2. The molecular weight excluding hydrogens is 358 g/mol. The number of H-pyrrole nitrogens is 1. The predicted octanol–water partition coefficient (Wildman–Crippen LogP) is 0.636. The molecule has 0 radical (unpaired) electrons. The van der Waals surface area contributed by atoms with Crippen LogP contribution in [0, 0.1) is 0 Å². The molecule has 0 spiro atoms. The zero-order chi connectivity index (χ0) is 19.7. The standard InChI is InChI=1S/C19H23N7O2/c1-3-12-8-26-17(23-18(12)27)6-14(24-26)9-25-10-15(11-25)22-13-4-5-16(21-7-13)19(28)20-2/h4-8,15,22H,3,9-11H2,1-2H3,(H,20,28)(H,23,27). The smallest absolute Gasteiger partial charge is 0.269 e.